The maximum Gasteiger partial charge on any atom is 0.414 e. The SMILES string of the molecule is CCOC(=O)c1ccc(-c2cccc(CN3CCOc4nc([N+](=O)[O-])cn4CC3)n2)cc1. The Kier molecular flexibility index (Phi) is 6.41. The zero-order valence-corrected chi connectivity index (χ0v) is 17.6. The van der Waals surface area contributed by atoms with E-state index in [9.17, 15) is 14.9 Å². The van der Waals surface area contributed by atoms with Gasteiger partial charge in [-0.3, -0.25) is 14.5 Å². The van der Waals surface area contributed by atoms with E-state index in [0.29, 0.717) is 45.0 Å². The summed E-state index contributed by atoms with van der Waals surface area (Å²) in [5.74, 6) is -0.553. The molecule has 0 N–H and O–H groups in total. The molecule has 0 spiro atoms. The van der Waals surface area contributed by atoms with Crippen molar-refractivity contribution >= 4 is 11.8 Å². The lowest BCUT2D eigenvalue weighted by molar-refractivity contribution is -0.389. The van der Waals surface area contributed by atoms with Crippen LogP contribution in [0.25, 0.3) is 11.3 Å². The lowest BCUT2D eigenvalue weighted by atomic mass is 10.1. The summed E-state index contributed by atoms with van der Waals surface area (Å²) in [5, 5.41) is 11.0. The number of nitro groups is 1. The molecule has 3 heterocycles. The Morgan fingerprint density at radius 3 is 2.72 bits per heavy atom. The van der Waals surface area contributed by atoms with Crippen LogP contribution in [-0.4, -0.2) is 56.6 Å². The van der Waals surface area contributed by atoms with Crippen LogP contribution in [0, 0.1) is 10.1 Å². The normalized spacial score (nSPS) is 14.0. The van der Waals surface area contributed by atoms with Crippen LogP contribution in [0.15, 0.2) is 48.7 Å². The summed E-state index contributed by atoms with van der Waals surface area (Å²) in [6.07, 6.45) is 1.40. The van der Waals surface area contributed by atoms with Gasteiger partial charge in [-0.25, -0.2) is 4.79 Å². The first-order chi connectivity index (χ1) is 15.5. The Morgan fingerprint density at radius 2 is 1.97 bits per heavy atom. The van der Waals surface area contributed by atoms with Crippen LogP contribution in [-0.2, 0) is 17.8 Å². The van der Waals surface area contributed by atoms with Crippen LogP contribution < -0.4 is 4.74 Å². The number of ether oxygens (including phenoxy) is 2. The van der Waals surface area contributed by atoms with Crippen molar-refractivity contribution in [2.45, 2.75) is 20.0 Å². The van der Waals surface area contributed by atoms with Gasteiger partial charge in [-0.15, -0.1) is 0 Å². The molecule has 0 atom stereocenters. The van der Waals surface area contributed by atoms with Crippen molar-refractivity contribution < 1.29 is 19.2 Å². The molecule has 1 aliphatic rings. The van der Waals surface area contributed by atoms with E-state index >= 15 is 0 Å². The summed E-state index contributed by atoms with van der Waals surface area (Å²) in [5.41, 5.74) is 3.13. The summed E-state index contributed by atoms with van der Waals surface area (Å²) in [7, 11) is 0. The fourth-order valence-corrected chi connectivity index (χ4v) is 3.48. The molecule has 0 saturated carbocycles. The molecule has 0 saturated heterocycles. The minimum atomic E-state index is -0.520. The number of nitrogens with zero attached hydrogens (tertiary/aromatic N) is 5. The van der Waals surface area contributed by atoms with Crippen molar-refractivity contribution in [2.24, 2.45) is 0 Å². The largest absolute Gasteiger partial charge is 0.462 e. The van der Waals surface area contributed by atoms with E-state index in [-0.39, 0.29) is 17.8 Å². The second-order valence-corrected chi connectivity index (χ2v) is 7.27. The summed E-state index contributed by atoms with van der Waals surface area (Å²) in [6.45, 7) is 4.98. The van der Waals surface area contributed by atoms with Crippen LogP contribution in [0.5, 0.6) is 6.01 Å². The fraction of sp³-hybridized carbons (Fsp3) is 0.318. The van der Waals surface area contributed by atoms with Crippen LogP contribution in [0.3, 0.4) is 0 Å². The molecule has 1 aliphatic heterocycles. The standard InChI is InChI=1S/C22H23N5O5/c1-2-31-21(28)17-8-6-16(7-9-17)19-5-3-4-18(23-19)14-25-10-11-26-15-20(27(29)30)24-22(26)32-13-12-25/h3-9,15H,2,10-14H2,1H3. The topological polar surface area (TPSA) is 113 Å². The van der Waals surface area contributed by atoms with Gasteiger partial charge >= 0.3 is 17.8 Å². The predicted molar refractivity (Wildman–Crippen MR) is 115 cm³/mol. The van der Waals surface area contributed by atoms with E-state index in [0.717, 1.165) is 17.0 Å². The lowest BCUT2D eigenvalue weighted by Gasteiger charge is -2.24. The number of carbonyl (C=O) groups is 1. The monoisotopic (exact) mass is 437 g/mol. The first kappa shape index (κ1) is 21.4. The van der Waals surface area contributed by atoms with E-state index < -0.39 is 4.92 Å². The average molecular weight is 437 g/mol. The van der Waals surface area contributed by atoms with Gasteiger partial charge in [-0.1, -0.05) is 18.2 Å². The Labute approximate surface area is 184 Å². The van der Waals surface area contributed by atoms with Crippen LogP contribution in [0.4, 0.5) is 5.82 Å². The van der Waals surface area contributed by atoms with Gasteiger partial charge in [0.2, 0.25) is 0 Å². The van der Waals surface area contributed by atoms with Crippen LogP contribution in [0.1, 0.15) is 23.0 Å². The molecular weight excluding hydrogens is 414 g/mol. The van der Waals surface area contributed by atoms with Gasteiger partial charge in [0.25, 0.3) is 0 Å². The molecule has 0 fully saturated rings. The number of rotatable bonds is 6. The number of carbonyl (C=O) groups excluding carboxylic acids is 1. The van der Waals surface area contributed by atoms with Gasteiger partial charge < -0.3 is 19.6 Å². The lowest BCUT2D eigenvalue weighted by Crippen LogP contribution is -2.33. The smallest absolute Gasteiger partial charge is 0.414 e. The second-order valence-electron chi connectivity index (χ2n) is 7.27. The third-order valence-electron chi connectivity index (χ3n) is 5.09. The third-order valence-corrected chi connectivity index (χ3v) is 5.09. The van der Waals surface area contributed by atoms with Crippen molar-refractivity contribution in [1.82, 2.24) is 19.4 Å². The Balaban J connectivity index is 1.43. The van der Waals surface area contributed by atoms with Crippen LogP contribution in [0.2, 0.25) is 0 Å². The molecule has 166 valence electrons. The average Bonchev–Trinajstić information content (AvgIpc) is 3.19. The maximum absolute atomic E-state index is 11.8. The van der Waals surface area contributed by atoms with Crippen molar-refractivity contribution in [3.8, 4) is 17.3 Å². The minimum absolute atomic E-state index is 0.211. The molecule has 3 aromatic rings. The van der Waals surface area contributed by atoms with Crippen molar-refractivity contribution in [1.29, 1.82) is 0 Å². The molecule has 0 unspecified atom stereocenters. The highest BCUT2D eigenvalue weighted by molar-refractivity contribution is 5.89. The summed E-state index contributed by atoms with van der Waals surface area (Å²) in [6, 6.07) is 13.3. The predicted octanol–water partition coefficient (Wildman–Crippen LogP) is 2.92. The molecule has 10 heteroatoms. The maximum atomic E-state index is 11.8. The number of pyridine rings is 1. The number of hydrogen-bond donors (Lipinski definition) is 0. The highest BCUT2D eigenvalue weighted by atomic mass is 16.6. The number of fused-ring (bicyclic) bond motifs is 1. The zero-order valence-electron chi connectivity index (χ0n) is 17.6. The Hall–Kier alpha value is -3.79. The molecule has 4 rings (SSSR count). The van der Waals surface area contributed by atoms with E-state index in [1.165, 1.54) is 6.20 Å². The molecular formula is C22H23N5O5. The van der Waals surface area contributed by atoms with Gasteiger partial charge in [0.1, 0.15) is 12.8 Å². The molecule has 0 aliphatic carbocycles. The molecule has 0 bridgehead atoms. The highest BCUT2D eigenvalue weighted by Crippen LogP contribution is 2.21. The van der Waals surface area contributed by atoms with Gasteiger partial charge in [-0.05, 0) is 36.1 Å². The van der Waals surface area contributed by atoms with Gasteiger partial charge in [0.15, 0.2) is 0 Å². The van der Waals surface area contributed by atoms with E-state index in [1.807, 2.05) is 30.3 Å². The number of hydrogen-bond acceptors (Lipinski definition) is 8. The molecule has 10 nitrogen and oxygen atoms in total. The summed E-state index contributed by atoms with van der Waals surface area (Å²) < 4.78 is 12.3. The number of imidazole rings is 1. The minimum Gasteiger partial charge on any atom is -0.462 e. The van der Waals surface area contributed by atoms with E-state index in [2.05, 4.69) is 9.88 Å². The Morgan fingerprint density at radius 1 is 1.16 bits per heavy atom. The van der Waals surface area contributed by atoms with Gasteiger partial charge in [0.05, 0.1) is 23.6 Å². The number of benzene rings is 1. The fourth-order valence-electron chi connectivity index (χ4n) is 3.48. The first-order valence-electron chi connectivity index (χ1n) is 10.3. The van der Waals surface area contributed by atoms with Gasteiger partial charge in [-0.2, -0.15) is 0 Å². The van der Waals surface area contributed by atoms with Gasteiger partial charge in [0, 0.05) is 36.7 Å². The number of aromatic nitrogens is 3. The van der Waals surface area contributed by atoms with Crippen molar-refractivity contribution in [3.63, 3.8) is 0 Å². The highest BCUT2D eigenvalue weighted by Gasteiger charge is 2.23. The summed E-state index contributed by atoms with van der Waals surface area (Å²) >= 11 is 0. The first-order valence-corrected chi connectivity index (χ1v) is 10.3. The quantitative estimate of drug-likeness (QED) is 0.329. The molecule has 1 aromatic carbocycles. The third kappa shape index (κ3) is 4.92. The van der Waals surface area contributed by atoms with Crippen LogP contribution >= 0.6 is 0 Å². The number of esters is 1. The Bertz CT molecular complexity index is 1110. The zero-order chi connectivity index (χ0) is 22.5. The summed E-state index contributed by atoms with van der Waals surface area (Å²) in [4.78, 5) is 33.1. The molecule has 2 aromatic heterocycles. The molecule has 32 heavy (non-hydrogen) atoms. The van der Waals surface area contributed by atoms with E-state index in [4.69, 9.17) is 14.5 Å². The van der Waals surface area contributed by atoms with Crippen molar-refractivity contribution in [3.05, 3.63) is 70.0 Å². The van der Waals surface area contributed by atoms with Crippen molar-refractivity contribution in [2.75, 3.05) is 26.3 Å². The second kappa shape index (κ2) is 9.56. The van der Waals surface area contributed by atoms with E-state index in [1.54, 1.807) is 23.6 Å². The molecule has 0 radical (unpaired) electrons. The molecule has 0 amide bonds.